The molecule has 21 heavy (non-hydrogen) atoms. The van der Waals surface area contributed by atoms with Crippen molar-refractivity contribution in [1.82, 2.24) is 10.2 Å². The first-order valence-corrected chi connectivity index (χ1v) is 6.96. The Morgan fingerprint density at radius 2 is 2.24 bits per heavy atom. The van der Waals surface area contributed by atoms with E-state index in [1.807, 2.05) is 25.1 Å². The number of hydrogen-bond acceptors (Lipinski definition) is 5. The van der Waals surface area contributed by atoms with Gasteiger partial charge >= 0.3 is 0 Å². The van der Waals surface area contributed by atoms with Gasteiger partial charge in [0.2, 0.25) is 18.2 Å². The van der Waals surface area contributed by atoms with Gasteiger partial charge in [-0.3, -0.25) is 4.79 Å². The van der Waals surface area contributed by atoms with Crippen LogP contribution in [0.1, 0.15) is 25.3 Å². The van der Waals surface area contributed by atoms with E-state index in [2.05, 4.69) is 15.5 Å². The lowest BCUT2D eigenvalue weighted by Gasteiger charge is -2.23. The highest BCUT2D eigenvalue weighted by Crippen LogP contribution is 2.38. The molecule has 1 aliphatic rings. The Hall–Kier alpha value is -2.21. The van der Waals surface area contributed by atoms with Crippen LogP contribution in [0.25, 0.3) is 11.5 Å². The SMILES string of the molecule is Cc1ccc(-c2nnco2)cc1NC(=O)C(C)(N)C1CC1. The van der Waals surface area contributed by atoms with E-state index in [1.165, 1.54) is 6.39 Å². The number of nitrogens with one attached hydrogen (secondary N) is 1. The van der Waals surface area contributed by atoms with Gasteiger partial charge in [0, 0.05) is 11.3 Å². The van der Waals surface area contributed by atoms with Crippen LogP contribution in [0.5, 0.6) is 0 Å². The first-order chi connectivity index (χ1) is 9.98. The normalized spacial score (nSPS) is 17.3. The van der Waals surface area contributed by atoms with Gasteiger partial charge in [0.15, 0.2) is 0 Å². The Morgan fingerprint density at radius 1 is 1.48 bits per heavy atom. The summed E-state index contributed by atoms with van der Waals surface area (Å²) in [7, 11) is 0. The van der Waals surface area contributed by atoms with Crippen molar-refractivity contribution in [1.29, 1.82) is 0 Å². The highest BCUT2D eigenvalue weighted by atomic mass is 16.4. The Morgan fingerprint density at radius 3 is 2.86 bits per heavy atom. The van der Waals surface area contributed by atoms with E-state index in [9.17, 15) is 4.79 Å². The first-order valence-electron chi connectivity index (χ1n) is 6.96. The maximum atomic E-state index is 12.4. The Kier molecular flexibility index (Phi) is 3.25. The number of aromatic nitrogens is 2. The van der Waals surface area contributed by atoms with E-state index in [0.29, 0.717) is 11.6 Å². The fraction of sp³-hybridized carbons (Fsp3) is 0.400. The molecule has 1 aromatic heterocycles. The number of amides is 1. The largest absolute Gasteiger partial charge is 0.423 e. The van der Waals surface area contributed by atoms with Gasteiger partial charge in [-0.25, -0.2) is 0 Å². The molecular weight excluding hydrogens is 268 g/mol. The third kappa shape index (κ3) is 2.67. The van der Waals surface area contributed by atoms with Crippen LogP contribution in [0, 0.1) is 12.8 Å². The zero-order valence-electron chi connectivity index (χ0n) is 12.1. The van der Waals surface area contributed by atoms with Crippen molar-refractivity contribution in [3.8, 4) is 11.5 Å². The molecular formula is C15H18N4O2. The topological polar surface area (TPSA) is 94.0 Å². The van der Waals surface area contributed by atoms with Crippen molar-refractivity contribution in [2.24, 2.45) is 11.7 Å². The summed E-state index contributed by atoms with van der Waals surface area (Å²) in [6.45, 7) is 3.72. The van der Waals surface area contributed by atoms with E-state index >= 15 is 0 Å². The predicted octanol–water partition coefficient (Wildman–Crippen LogP) is 2.11. The molecule has 1 unspecified atom stereocenters. The molecule has 1 saturated carbocycles. The summed E-state index contributed by atoms with van der Waals surface area (Å²) in [5.41, 5.74) is 7.75. The third-order valence-electron chi connectivity index (χ3n) is 4.01. The van der Waals surface area contributed by atoms with Gasteiger partial charge in [-0.05, 0) is 50.3 Å². The minimum atomic E-state index is -0.826. The van der Waals surface area contributed by atoms with Crippen LogP contribution in [-0.4, -0.2) is 21.6 Å². The summed E-state index contributed by atoms with van der Waals surface area (Å²) in [6.07, 6.45) is 3.31. The predicted molar refractivity (Wildman–Crippen MR) is 78.4 cm³/mol. The monoisotopic (exact) mass is 286 g/mol. The Labute approximate surface area is 122 Å². The Balaban J connectivity index is 1.85. The number of hydrogen-bond donors (Lipinski definition) is 2. The zero-order valence-corrected chi connectivity index (χ0v) is 12.1. The minimum absolute atomic E-state index is 0.157. The average Bonchev–Trinajstić information content (AvgIpc) is 3.18. The summed E-state index contributed by atoms with van der Waals surface area (Å²) >= 11 is 0. The number of nitrogens with zero attached hydrogens (tertiary/aromatic N) is 2. The summed E-state index contributed by atoms with van der Waals surface area (Å²) in [4.78, 5) is 12.4. The van der Waals surface area contributed by atoms with Gasteiger partial charge in [-0.1, -0.05) is 6.07 Å². The molecule has 1 heterocycles. The summed E-state index contributed by atoms with van der Waals surface area (Å²) in [5.74, 6) is 0.538. The van der Waals surface area contributed by atoms with Crippen LogP contribution in [0.3, 0.4) is 0 Å². The molecule has 0 saturated heterocycles. The number of benzene rings is 1. The van der Waals surface area contributed by atoms with Gasteiger partial charge in [-0.2, -0.15) is 0 Å². The fourth-order valence-corrected chi connectivity index (χ4v) is 2.31. The second-order valence-corrected chi connectivity index (χ2v) is 5.78. The minimum Gasteiger partial charge on any atom is -0.423 e. The van der Waals surface area contributed by atoms with Crippen LogP contribution in [-0.2, 0) is 4.79 Å². The smallest absolute Gasteiger partial charge is 0.247 e. The van der Waals surface area contributed by atoms with Gasteiger partial charge in [0.05, 0.1) is 5.54 Å². The van der Waals surface area contributed by atoms with E-state index < -0.39 is 5.54 Å². The zero-order chi connectivity index (χ0) is 15.0. The lowest BCUT2D eigenvalue weighted by molar-refractivity contribution is -0.121. The molecule has 3 rings (SSSR count). The number of aryl methyl sites for hydroxylation is 1. The van der Waals surface area contributed by atoms with Gasteiger partial charge in [-0.15, -0.1) is 10.2 Å². The van der Waals surface area contributed by atoms with Crippen molar-refractivity contribution >= 4 is 11.6 Å². The lowest BCUT2D eigenvalue weighted by atomic mass is 9.96. The highest BCUT2D eigenvalue weighted by Gasteiger charge is 2.44. The van der Waals surface area contributed by atoms with Crippen LogP contribution < -0.4 is 11.1 Å². The summed E-state index contributed by atoms with van der Waals surface area (Å²) in [6, 6.07) is 5.60. The summed E-state index contributed by atoms with van der Waals surface area (Å²) < 4.78 is 5.18. The number of carbonyl (C=O) groups excluding carboxylic acids is 1. The van der Waals surface area contributed by atoms with E-state index in [1.54, 1.807) is 6.92 Å². The lowest BCUT2D eigenvalue weighted by Crippen LogP contribution is -2.50. The maximum absolute atomic E-state index is 12.4. The van der Waals surface area contributed by atoms with Crippen LogP contribution >= 0.6 is 0 Å². The van der Waals surface area contributed by atoms with Crippen molar-refractivity contribution in [3.05, 3.63) is 30.2 Å². The first kappa shape index (κ1) is 13.8. The molecule has 6 nitrogen and oxygen atoms in total. The highest BCUT2D eigenvalue weighted by molar-refractivity contribution is 5.99. The Bertz CT molecular complexity index is 660. The standard InChI is InChI=1S/C15H18N4O2/c1-9-3-4-10(13-19-17-8-21-13)7-12(9)18-14(20)15(2,16)11-5-6-11/h3-4,7-8,11H,5-6,16H2,1-2H3,(H,18,20). The molecule has 0 spiro atoms. The quantitative estimate of drug-likeness (QED) is 0.897. The van der Waals surface area contributed by atoms with E-state index in [4.69, 9.17) is 10.2 Å². The van der Waals surface area contributed by atoms with Crippen molar-refractivity contribution < 1.29 is 9.21 Å². The molecule has 1 aromatic carbocycles. The molecule has 2 aromatic rings. The fourth-order valence-electron chi connectivity index (χ4n) is 2.31. The molecule has 0 aliphatic heterocycles. The van der Waals surface area contributed by atoms with Gasteiger partial charge in [0.1, 0.15) is 0 Å². The van der Waals surface area contributed by atoms with Crippen molar-refractivity contribution in [3.63, 3.8) is 0 Å². The molecule has 110 valence electrons. The number of rotatable bonds is 4. The van der Waals surface area contributed by atoms with Gasteiger partial charge < -0.3 is 15.5 Å². The van der Waals surface area contributed by atoms with Gasteiger partial charge in [0.25, 0.3) is 0 Å². The second-order valence-electron chi connectivity index (χ2n) is 5.78. The number of anilines is 1. The second kappa shape index (κ2) is 4.96. The number of nitrogens with two attached hydrogens (primary N) is 1. The molecule has 1 atom stereocenters. The molecule has 0 bridgehead atoms. The maximum Gasteiger partial charge on any atom is 0.247 e. The van der Waals surface area contributed by atoms with Crippen LogP contribution in [0.4, 0.5) is 5.69 Å². The number of carbonyl (C=O) groups is 1. The molecule has 3 N–H and O–H groups in total. The average molecular weight is 286 g/mol. The molecule has 0 radical (unpaired) electrons. The van der Waals surface area contributed by atoms with Crippen LogP contribution in [0.15, 0.2) is 29.0 Å². The molecule has 1 fully saturated rings. The molecule has 6 heteroatoms. The third-order valence-corrected chi connectivity index (χ3v) is 4.01. The molecule has 1 aliphatic carbocycles. The van der Waals surface area contributed by atoms with E-state index in [0.717, 1.165) is 24.0 Å². The van der Waals surface area contributed by atoms with Crippen molar-refractivity contribution in [2.75, 3.05) is 5.32 Å². The van der Waals surface area contributed by atoms with Crippen LogP contribution in [0.2, 0.25) is 0 Å². The van der Waals surface area contributed by atoms with Crippen molar-refractivity contribution in [2.45, 2.75) is 32.2 Å². The van der Waals surface area contributed by atoms with E-state index in [-0.39, 0.29) is 11.8 Å². The summed E-state index contributed by atoms with van der Waals surface area (Å²) in [5, 5.41) is 10.4. The molecule has 1 amide bonds.